The summed E-state index contributed by atoms with van der Waals surface area (Å²) in [7, 11) is 1.29. The second-order valence-electron chi connectivity index (χ2n) is 8.08. The molecule has 0 unspecified atom stereocenters. The van der Waals surface area contributed by atoms with Crippen LogP contribution >= 0.6 is 11.3 Å². The van der Waals surface area contributed by atoms with E-state index in [1.165, 1.54) is 18.4 Å². The van der Waals surface area contributed by atoms with Crippen LogP contribution in [0.4, 0.5) is 5.00 Å². The van der Waals surface area contributed by atoms with E-state index >= 15 is 0 Å². The number of esters is 1. The number of hydrogen-bond donors (Lipinski definition) is 2. The van der Waals surface area contributed by atoms with Crippen LogP contribution in [-0.2, 0) is 19.1 Å². The molecule has 3 heterocycles. The summed E-state index contributed by atoms with van der Waals surface area (Å²) in [5.41, 5.74) is 1.74. The number of carboxylic acid groups (broad SMARTS) is 1. The summed E-state index contributed by atoms with van der Waals surface area (Å²) in [6.07, 6.45) is 0.444. The molecule has 2 bridgehead atoms. The van der Waals surface area contributed by atoms with Gasteiger partial charge in [0, 0.05) is 10.9 Å². The second-order valence-corrected chi connectivity index (χ2v) is 8.96. The maximum absolute atomic E-state index is 13.1. The molecule has 2 N–H and O–H groups in total. The number of hydrogen-bond acceptors (Lipinski definition) is 6. The molecule has 3 aromatic rings. The Balaban J connectivity index is 1.49. The molecular weight excluding hydrogens is 430 g/mol. The molecular formula is C24H21NO6S. The van der Waals surface area contributed by atoms with Crippen molar-refractivity contribution in [2.24, 2.45) is 11.8 Å². The Hall–Kier alpha value is -3.23. The Labute approximate surface area is 188 Å². The molecule has 2 aliphatic heterocycles. The lowest BCUT2D eigenvalue weighted by Crippen LogP contribution is -2.41. The Kier molecular flexibility index (Phi) is 5.19. The standard InChI is InChI=1S/C24H21NO6S/c1-30-24(29)18-15(14-7-6-12-4-2-3-5-13(12)10-14)11-32-22(18)25-21(26)19-16-8-9-17(31-16)20(19)23(27)28/h2-7,10-11,16-17,19-20H,8-9H2,1H3,(H,25,26)(H,27,28)/t16-,17-,19-,20+/m1/s1. The third-order valence-corrected chi connectivity index (χ3v) is 7.23. The number of fused-ring (bicyclic) bond motifs is 3. The number of rotatable bonds is 5. The van der Waals surface area contributed by atoms with Crippen LogP contribution < -0.4 is 5.32 Å². The van der Waals surface area contributed by atoms with Crippen molar-refractivity contribution in [2.45, 2.75) is 25.0 Å². The van der Waals surface area contributed by atoms with Gasteiger partial charge in [0.05, 0.1) is 31.2 Å². The Morgan fingerprint density at radius 1 is 1.06 bits per heavy atom. The molecule has 2 saturated heterocycles. The average molecular weight is 452 g/mol. The molecule has 7 nitrogen and oxygen atoms in total. The number of carbonyl (C=O) groups excluding carboxylic acids is 2. The second kappa shape index (κ2) is 8.03. The van der Waals surface area contributed by atoms with E-state index in [0.717, 1.165) is 16.3 Å². The van der Waals surface area contributed by atoms with E-state index in [-0.39, 0.29) is 5.56 Å². The van der Waals surface area contributed by atoms with Crippen LogP contribution in [0.2, 0.25) is 0 Å². The molecule has 1 aromatic heterocycles. The predicted octanol–water partition coefficient (Wildman–Crippen LogP) is 4.17. The zero-order chi connectivity index (χ0) is 22.4. The van der Waals surface area contributed by atoms with Crippen LogP contribution in [0.5, 0.6) is 0 Å². The first-order valence-corrected chi connectivity index (χ1v) is 11.2. The fourth-order valence-corrected chi connectivity index (χ4v) is 5.80. The first kappa shape index (κ1) is 20.7. The zero-order valence-corrected chi connectivity index (χ0v) is 18.1. The number of ether oxygens (including phenoxy) is 2. The van der Waals surface area contributed by atoms with Crippen molar-refractivity contribution in [3.63, 3.8) is 0 Å². The number of nitrogens with one attached hydrogen (secondary N) is 1. The van der Waals surface area contributed by atoms with Crippen molar-refractivity contribution in [3.05, 3.63) is 53.4 Å². The molecule has 0 radical (unpaired) electrons. The van der Waals surface area contributed by atoms with E-state index in [2.05, 4.69) is 5.32 Å². The number of carbonyl (C=O) groups is 3. The highest BCUT2D eigenvalue weighted by atomic mass is 32.1. The summed E-state index contributed by atoms with van der Waals surface area (Å²) in [4.78, 5) is 37.5. The van der Waals surface area contributed by atoms with Gasteiger partial charge in [-0.3, -0.25) is 9.59 Å². The summed E-state index contributed by atoms with van der Waals surface area (Å²) in [5.74, 6) is -3.71. The normalized spacial score (nSPS) is 23.9. The van der Waals surface area contributed by atoms with Crippen molar-refractivity contribution in [2.75, 3.05) is 12.4 Å². The summed E-state index contributed by atoms with van der Waals surface area (Å²) in [6.45, 7) is 0. The largest absolute Gasteiger partial charge is 0.481 e. The van der Waals surface area contributed by atoms with Crippen LogP contribution in [0.3, 0.4) is 0 Å². The third kappa shape index (κ3) is 3.36. The fourth-order valence-electron chi connectivity index (χ4n) is 4.84. The summed E-state index contributed by atoms with van der Waals surface area (Å²) in [5, 5.41) is 16.7. The number of carboxylic acids is 1. The first-order valence-electron chi connectivity index (χ1n) is 10.4. The lowest BCUT2D eigenvalue weighted by molar-refractivity contribution is -0.147. The summed E-state index contributed by atoms with van der Waals surface area (Å²) >= 11 is 1.22. The van der Waals surface area contributed by atoms with Crippen LogP contribution in [-0.4, -0.2) is 42.3 Å². The Bertz CT molecular complexity index is 1230. The van der Waals surface area contributed by atoms with E-state index in [1.807, 2.05) is 42.5 Å². The van der Waals surface area contributed by atoms with Gasteiger partial charge in [-0.05, 0) is 35.2 Å². The molecule has 2 fully saturated rings. The molecule has 5 rings (SSSR count). The summed E-state index contributed by atoms with van der Waals surface area (Å²) < 4.78 is 10.7. The highest BCUT2D eigenvalue weighted by Gasteiger charge is 2.55. The van der Waals surface area contributed by atoms with E-state index in [1.54, 1.807) is 5.38 Å². The minimum absolute atomic E-state index is 0.261. The zero-order valence-electron chi connectivity index (χ0n) is 17.2. The van der Waals surface area contributed by atoms with Gasteiger partial charge in [-0.25, -0.2) is 4.79 Å². The highest BCUT2D eigenvalue weighted by Crippen LogP contribution is 2.45. The molecule has 4 atom stereocenters. The quantitative estimate of drug-likeness (QED) is 0.565. The van der Waals surface area contributed by atoms with E-state index in [4.69, 9.17) is 9.47 Å². The minimum atomic E-state index is -1.03. The molecule has 8 heteroatoms. The summed E-state index contributed by atoms with van der Waals surface area (Å²) in [6, 6.07) is 13.8. The number of anilines is 1. The lowest BCUT2D eigenvalue weighted by atomic mass is 9.79. The molecule has 0 spiro atoms. The van der Waals surface area contributed by atoms with Crippen LogP contribution in [0.25, 0.3) is 21.9 Å². The maximum atomic E-state index is 13.1. The van der Waals surface area contributed by atoms with Gasteiger partial charge in [0.15, 0.2) is 0 Å². The van der Waals surface area contributed by atoms with Gasteiger partial charge in [-0.15, -0.1) is 11.3 Å². The average Bonchev–Trinajstić information content (AvgIpc) is 3.52. The Morgan fingerprint density at radius 3 is 2.50 bits per heavy atom. The van der Waals surface area contributed by atoms with E-state index < -0.39 is 41.9 Å². The van der Waals surface area contributed by atoms with Gasteiger partial charge in [0.2, 0.25) is 5.91 Å². The molecule has 1 amide bonds. The van der Waals surface area contributed by atoms with Gasteiger partial charge >= 0.3 is 11.9 Å². The Morgan fingerprint density at radius 2 is 1.78 bits per heavy atom. The van der Waals surface area contributed by atoms with E-state index in [9.17, 15) is 19.5 Å². The molecule has 0 saturated carbocycles. The van der Waals surface area contributed by atoms with Crippen LogP contribution in [0, 0.1) is 11.8 Å². The SMILES string of the molecule is COC(=O)c1c(-c2ccc3ccccc3c2)csc1NC(=O)[C@H]1[C@@H](C(=O)O)[C@H]2CC[C@H]1O2. The van der Waals surface area contributed by atoms with Gasteiger partial charge in [-0.1, -0.05) is 36.4 Å². The van der Waals surface area contributed by atoms with Crippen LogP contribution in [0.15, 0.2) is 47.8 Å². The monoisotopic (exact) mass is 451 g/mol. The third-order valence-electron chi connectivity index (χ3n) is 6.34. The predicted molar refractivity (Wildman–Crippen MR) is 120 cm³/mol. The van der Waals surface area contributed by atoms with Gasteiger partial charge < -0.3 is 19.9 Å². The smallest absolute Gasteiger partial charge is 0.341 e. The lowest BCUT2D eigenvalue weighted by Gasteiger charge is -2.23. The molecule has 0 aliphatic carbocycles. The molecule has 2 aromatic carbocycles. The van der Waals surface area contributed by atoms with Crippen molar-refractivity contribution < 1.29 is 29.0 Å². The first-order chi connectivity index (χ1) is 15.5. The van der Waals surface area contributed by atoms with Crippen LogP contribution in [0.1, 0.15) is 23.2 Å². The van der Waals surface area contributed by atoms with Gasteiger partial charge in [0.1, 0.15) is 10.6 Å². The maximum Gasteiger partial charge on any atom is 0.341 e. The van der Waals surface area contributed by atoms with Gasteiger partial charge in [-0.2, -0.15) is 0 Å². The van der Waals surface area contributed by atoms with Crippen molar-refractivity contribution in [1.82, 2.24) is 0 Å². The topological polar surface area (TPSA) is 102 Å². The van der Waals surface area contributed by atoms with Crippen molar-refractivity contribution >= 4 is 45.0 Å². The van der Waals surface area contributed by atoms with Gasteiger partial charge in [0.25, 0.3) is 0 Å². The highest BCUT2D eigenvalue weighted by molar-refractivity contribution is 7.15. The number of methoxy groups -OCH3 is 1. The number of thiophene rings is 1. The number of amides is 1. The van der Waals surface area contributed by atoms with Crippen molar-refractivity contribution in [3.8, 4) is 11.1 Å². The van der Waals surface area contributed by atoms with E-state index in [0.29, 0.717) is 23.4 Å². The molecule has 2 aliphatic rings. The minimum Gasteiger partial charge on any atom is -0.481 e. The number of aliphatic carboxylic acids is 1. The molecule has 164 valence electrons. The van der Waals surface area contributed by atoms with Crippen molar-refractivity contribution in [1.29, 1.82) is 0 Å². The number of benzene rings is 2. The fraction of sp³-hybridized carbons (Fsp3) is 0.292. The molecule has 32 heavy (non-hydrogen) atoms.